The first kappa shape index (κ1) is 22.5. The third-order valence-electron chi connectivity index (χ3n) is 6.16. The van der Waals surface area contributed by atoms with Gasteiger partial charge in [-0.05, 0) is 87.6 Å². The molecule has 1 heterocycles. The average molecular weight is 408 g/mol. The maximum absolute atomic E-state index is 12.0. The van der Waals surface area contributed by atoms with E-state index in [1.807, 2.05) is 14.1 Å². The predicted molar refractivity (Wildman–Crippen MR) is 125 cm³/mol. The largest absolute Gasteiger partial charge is 0.355 e. The standard InChI is InChI=1S/C26H37N3O/c1-21-7-4-5-10-25(21)24-9-6-8-23(19-24)20-29-16-13-22(14-17-29)11-12-26(30)27-15-18-28(2)3/h4-10,19,22H,11-18,20H2,1-3H3,(H,27,30). The Kier molecular flexibility index (Phi) is 8.47. The van der Waals surface area contributed by atoms with E-state index < -0.39 is 0 Å². The number of nitrogens with one attached hydrogen (secondary N) is 1. The summed E-state index contributed by atoms with van der Waals surface area (Å²) >= 11 is 0. The molecule has 4 nitrogen and oxygen atoms in total. The summed E-state index contributed by atoms with van der Waals surface area (Å²) in [5, 5.41) is 3.03. The number of amides is 1. The van der Waals surface area contributed by atoms with Gasteiger partial charge in [-0.25, -0.2) is 0 Å². The van der Waals surface area contributed by atoms with Crippen LogP contribution < -0.4 is 5.32 Å². The minimum absolute atomic E-state index is 0.201. The summed E-state index contributed by atoms with van der Waals surface area (Å²) in [5.74, 6) is 0.881. The van der Waals surface area contributed by atoms with Crippen molar-refractivity contribution in [3.05, 3.63) is 59.7 Å². The number of likely N-dealkylation sites (tertiary alicyclic amines) is 1. The molecule has 1 fully saturated rings. The summed E-state index contributed by atoms with van der Waals surface area (Å²) in [5.41, 5.74) is 5.33. The molecule has 0 bridgehead atoms. The van der Waals surface area contributed by atoms with Crippen LogP contribution in [-0.4, -0.2) is 56.0 Å². The van der Waals surface area contributed by atoms with Crippen LogP contribution >= 0.6 is 0 Å². The molecule has 1 N–H and O–H groups in total. The van der Waals surface area contributed by atoms with Crippen molar-refractivity contribution in [3.63, 3.8) is 0 Å². The Balaban J connectivity index is 1.42. The van der Waals surface area contributed by atoms with Crippen LogP contribution in [0.1, 0.15) is 36.8 Å². The topological polar surface area (TPSA) is 35.6 Å². The Labute approximate surface area is 182 Å². The number of likely N-dealkylation sites (N-methyl/N-ethyl adjacent to an activating group) is 1. The van der Waals surface area contributed by atoms with Crippen molar-refractivity contribution in [1.29, 1.82) is 0 Å². The highest BCUT2D eigenvalue weighted by atomic mass is 16.1. The van der Waals surface area contributed by atoms with Crippen LogP contribution in [0.5, 0.6) is 0 Å². The van der Waals surface area contributed by atoms with Gasteiger partial charge in [0.2, 0.25) is 5.91 Å². The molecule has 0 spiro atoms. The second-order valence-corrected chi connectivity index (χ2v) is 8.93. The zero-order chi connectivity index (χ0) is 21.3. The highest BCUT2D eigenvalue weighted by Crippen LogP contribution is 2.26. The molecule has 1 saturated heterocycles. The lowest BCUT2D eigenvalue weighted by Crippen LogP contribution is -2.34. The molecule has 0 aromatic heterocycles. The minimum Gasteiger partial charge on any atom is -0.355 e. The lowest BCUT2D eigenvalue weighted by Gasteiger charge is -2.32. The van der Waals surface area contributed by atoms with E-state index in [1.54, 1.807) is 0 Å². The predicted octanol–water partition coefficient (Wildman–Crippen LogP) is 4.33. The molecule has 0 radical (unpaired) electrons. The van der Waals surface area contributed by atoms with Crippen LogP contribution in [0, 0.1) is 12.8 Å². The molecule has 4 heteroatoms. The summed E-state index contributed by atoms with van der Waals surface area (Å²) < 4.78 is 0. The number of carbonyl (C=O) groups is 1. The fourth-order valence-electron chi connectivity index (χ4n) is 4.27. The highest BCUT2D eigenvalue weighted by molar-refractivity contribution is 5.75. The van der Waals surface area contributed by atoms with E-state index >= 15 is 0 Å². The monoisotopic (exact) mass is 407 g/mol. The molecule has 1 aliphatic rings. The van der Waals surface area contributed by atoms with Crippen LogP contribution in [0.15, 0.2) is 48.5 Å². The van der Waals surface area contributed by atoms with Crippen LogP contribution in [0.25, 0.3) is 11.1 Å². The molecule has 0 saturated carbocycles. The molecule has 30 heavy (non-hydrogen) atoms. The number of piperidine rings is 1. The van der Waals surface area contributed by atoms with Crippen molar-refractivity contribution < 1.29 is 4.79 Å². The number of aryl methyl sites for hydroxylation is 1. The van der Waals surface area contributed by atoms with Gasteiger partial charge in [0.1, 0.15) is 0 Å². The number of nitrogens with zero attached hydrogens (tertiary/aromatic N) is 2. The van der Waals surface area contributed by atoms with Gasteiger partial charge in [0, 0.05) is 26.1 Å². The molecule has 1 amide bonds. The van der Waals surface area contributed by atoms with Gasteiger partial charge in [-0.1, -0.05) is 42.5 Å². The quantitative estimate of drug-likeness (QED) is 0.672. The normalized spacial score (nSPS) is 15.5. The average Bonchev–Trinajstić information content (AvgIpc) is 2.73. The van der Waals surface area contributed by atoms with Gasteiger partial charge >= 0.3 is 0 Å². The van der Waals surface area contributed by atoms with Gasteiger partial charge in [0.25, 0.3) is 0 Å². The lowest BCUT2D eigenvalue weighted by molar-refractivity contribution is -0.121. The van der Waals surface area contributed by atoms with E-state index in [1.165, 1.54) is 35.1 Å². The molecule has 3 rings (SSSR count). The molecular formula is C26H37N3O. The van der Waals surface area contributed by atoms with Crippen LogP contribution in [-0.2, 0) is 11.3 Å². The zero-order valence-electron chi connectivity index (χ0n) is 18.9. The number of hydrogen-bond acceptors (Lipinski definition) is 3. The molecule has 2 aromatic carbocycles. The Bertz CT molecular complexity index is 809. The molecule has 0 atom stereocenters. The van der Waals surface area contributed by atoms with Crippen molar-refractivity contribution in [2.75, 3.05) is 40.3 Å². The first-order valence-electron chi connectivity index (χ1n) is 11.3. The van der Waals surface area contributed by atoms with Crippen LogP contribution in [0.2, 0.25) is 0 Å². The smallest absolute Gasteiger partial charge is 0.220 e. The zero-order valence-corrected chi connectivity index (χ0v) is 18.9. The van der Waals surface area contributed by atoms with Gasteiger partial charge < -0.3 is 10.2 Å². The van der Waals surface area contributed by atoms with Crippen molar-refractivity contribution in [2.45, 2.75) is 39.2 Å². The number of rotatable bonds is 9. The lowest BCUT2D eigenvalue weighted by atomic mass is 9.91. The second kappa shape index (κ2) is 11.3. The van der Waals surface area contributed by atoms with E-state index in [0.717, 1.165) is 39.1 Å². The molecule has 1 aliphatic heterocycles. The molecular weight excluding hydrogens is 370 g/mol. The van der Waals surface area contributed by atoms with E-state index in [9.17, 15) is 4.79 Å². The Hall–Kier alpha value is -2.17. The van der Waals surface area contributed by atoms with Gasteiger partial charge in [-0.3, -0.25) is 9.69 Å². The number of hydrogen-bond donors (Lipinski definition) is 1. The van der Waals surface area contributed by atoms with Gasteiger partial charge in [0.05, 0.1) is 0 Å². The van der Waals surface area contributed by atoms with Crippen molar-refractivity contribution >= 4 is 5.91 Å². The van der Waals surface area contributed by atoms with Gasteiger partial charge in [-0.15, -0.1) is 0 Å². The molecule has 0 aliphatic carbocycles. The van der Waals surface area contributed by atoms with E-state index in [2.05, 4.69) is 70.6 Å². The van der Waals surface area contributed by atoms with Crippen molar-refractivity contribution in [2.24, 2.45) is 5.92 Å². The van der Waals surface area contributed by atoms with Crippen molar-refractivity contribution in [3.8, 4) is 11.1 Å². The molecule has 162 valence electrons. The summed E-state index contributed by atoms with van der Waals surface area (Å²) in [7, 11) is 4.05. The fourth-order valence-corrected chi connectivity index (χ4v) is 4.27. The molecule has 2 aromatic rings. The summed E-state index contributed by atoms with van der Waals surface area (Å²) in [4.78, 5) is 16.7. The van der Waals surface area contributed by atoms with Gasteiger partial charge in [0.15, 0.2) is 0 Å². The minimum atomic E-state index is 0.201. The highest BCUT2D eigenvalue weighted by Gasteiger charge is 2.20. The van der Waals surface area contributed by atoms with Crippen molar-refractivity contribution in [1.82, 2.24) is 15.1 Å². The first-order valence-corrected chi connectivity index (χ1v) is 11.3. The maximum Gasteiger partial charge on any atom is 0.220 e. The maximum atomic E-state index is 12.0. The third-order valence-corrected chi connectivity index (χ3v) is 6.16. The van der Waals surface area contributed by atoms with Crippen LogP contribution in [0.3, 0.4) is 0 Å². The first-order chi connectivity index (χ1) is 14.5. The van der Waals surface area contributed by atoms with E-state index in [0.29, 0.717) is 12.3 Å². The Morgan fingerprint density at radius 2 is 1.87 bits per heavy atom. The summed E-state index contributed by atoms with van der Waals surface area (Å²) in [6, 6.07) is 17.6. The third kappa shape index (κ3) is 6.96. The number of carbonyl (C=O) groups excluding carboxylic acids is 1. The summed E-state index contributed by atoms with van der Waals surface area (Å²) in [6.07, 6.45) is 4.08. The van der Waals surface area contributed by atoms with E-state index in [4.69, 9.17) is 0 Å². The fraction of sp³-hybridized carbons (Fsp3) is 0.500. The summed E-state index contributed by atoms with van der Waals surface area (Å²) in [6.45, 7) is 7.08. The van der Waals surface area contributed by atoms with Crippen LogP contribution in [0.4, 0.5) is 0 Å². The SMILES string of the molecule is Cc1ccccc1-c1cccc(CN2CCC(CCC(=O)NCCN(C)C)CC2)c1. The Morgan fingerprint density at radius 3 is 2.60 bits per heavy atom. The number of benzene rings is 2. The molecule has 0 unspecified atom stereocenters. The second-order valence-electron chi connectivity index (χ2n) is 8.93. The van der Waals surface area contributed by atoms with E-state index in [-0.39, 0.29) is 5.91 Å². The van der Waals surface area contributed by atoms with Gasteiger partial charge in [-0.2, -0.15) is 0 Å². The Morgan fingerprint density at radius 1 is 1.10 bits per heavy atom.